The van der Waals surface area contributed by atoms with E-state index in [1.807, 2.05) is 0 Å². The van der Waals surface area contributed by atoms with E-state index in [9.17, 15) is 0 Å². The van der Waals surface area contributed by atoms with Crippen molar-refractivity contribution in [1.29, 1.82) is 0 Å². The van der Waals surface area contributed by atoms with Crippen molar-refractivity contribution >= 4 is 0 Å². The second-order valence-electron chi connectivity index (χ2n) is 2.78. The SMILES string of the molecule is COc1cc(CO)ccc1OCCN. The van der Waals surface area contributed by atoms with E-state index in [-0.39, 0.29) is 6.61 Å². The molecule has 0 unspecified atom stereocenters. The summed E-state index contributed by atoms with van der Waals surface area (Å²) >= 11 is 0. The number of ether oxygens (including phenoxy) is 2. The maximum atomic E-state index is 8.91. The van der Waals surface area contributed by atoms with E-state index in [1.54, 1.807) is 25.3 Å². The van der Waals surface area contributed by atoms with Gasteiger partial charge in [0.25, 0.3) is 0 Å². The van der Waals surface area contributed by atoms with Gasteiger partial charge in [-0.05, 0) is 17.7 Å². The summed E-state index contributed by atoms with van der Waals surface area (Å²) in [4.78, 5) is 0. The van der Waals surface area contributed by atoms with Crippen molar-refractivity contribution in [2.45, 2.75) is 6.61 Å². The lowest BCUT2D eigenvalue weighted by Gasteiger charge is -2.10. The molecular formula is C10H15NO3. The molecule has 4 heteroatoms. The van der Waals surface area contributed by atoms with Gasteiger partial charge in [0.15, 0.2) is 11.5 Å². The van der Waals surface area contributed by atoms with Crippen LogP contribution in [0.3, 0.4) is 0 Å². The molecule has 0 atom stereocenters. The highest BCUT2D eigenvalue weighted by atomic mass is 16.5. The molecule has 78 valence electrons. The van der Waals surface area contributed by atoms with Gasteiger partial charge in [-0.3, -0.25) is 0 Å². The molecule has 14 heavy (non-hydrogen) atoms. The Hall–Kier alpha value is -1.26. The molecule has 0 spiro atoms. The maximum Gasteiger partial charge on any atom is 0.161 e. The van der Waals surface area contributed by atoms with E-state index in [2.05, 4.69) is 0 Å². The average molecular weight is 197 g/mol. The molecular weight excluding hydrogens is 182 g/mol. The molecule has 0 bridgehead atoms. The van der Waals surface area contributed by atoms with E-state index >= 15 is 0 Å². The highest BCUT2D eigenvalue weighted by Gasteiger charge is 2.04. The normalized spacial score (nSPS) is 9.93. The Morgan fingerprint density at radius 3 is 2.71 bits per heavy atom. The van der Waals surface area contributed by atoms with Crippen molar-refractivity contribution in [3.63, 3.8) is 0 Å². The number of methoxy groups -OCH3 is 1. The monoisotopic (exact) mass is 197 g/mol. The van der Waals surface area contributed by atoms with Gasteiger partial charge in [-0.15, -0.1) is 0 Å². The van der Waals surface area contributed by atoms with Gasteiger partial charge >= 0.3 is 0 Å². The zero-order chi connectivity index (χ0) is 10.4. The topological polar surface area (TPSA) is 64.7 Å². The number of hydrogen-bond acceptors (Lipinski definition) is 4. The summed E-state index contributed by atoms with van der Waals surface area (Å²) in [6.45, 7) is 0.910. The van der Waals surface area contributed by atoms with Crippen LogP contribution in [0.1, 0.15) is 5.56 Å². The van der Waals surface area contributed by atoms with Gasteiger partial charge in [0, 0.05) is 6.54 Å². The summed E-state index contributed by atoms with van der Waals surface area (Å²) in [7, 11) is 1.56. The van der Waals surface area contributed by atoms with Crippen LogP contribution < -0.4 is 15.2 Å². The lowest BCUT2D eigenvalue weighted by Crippen LogP contribution is -2.11. The van der Waals surface area contributed by atoms with Gasteiger partial charge in [-0.25, -0.2) is 0 Å². The highest BCUT2D eigenvalue weighted by Crippen LogP contribution is 2.27. The molecule has 1 aromatic rings. The van der Waals surface area contributed by atoms with Gasteiger partial charge < -0.3 is 20.3 Å². The summed E-state index contributed by atoms with van der Waals surface area (Å²) in [5.41, 5.74) is 6.11. The molecule has 0 aliphatic carbocycles. The molecule has 0 saturated carbocycles. The second kappa shape index (κ2) is 5.47. The molecule has 0 fully saturated rings. The summed E-state index contributed by atoms with van der Waals surface area (Å²) in [6, 6.07) is 5.29. The average Bonchev–Trinajstić information content (AvgIpc) is 2.26. The Labute approximate surface area is 83.3 Å². The molecule has 0 aliphatic heterocycles. The minimum atomic E-state index is -0.00642. The van der Waals surface area contributed by atoms with Gasteiger partial charge in [0.05, 0.1) is 13.7 Å². The Bertz CT molecular complexity index is 289. The Balaban J connectivity index is 2.82. The first kappa shape index (κ1) is 10.8. The largest absolute Gasteiger partial charge is 0.493 e. The lowest BCUT2D eigenvalue weighted by atomic mass is 10.2. The third kappa shape index (κ3) is 2.61. The summed E-state index contributed by atoms with van der Waals surface area (Å²) in [5, 5.41) is 8.91. The van der Waals surface area contributed by atoms with E-state index in [4.69, 9.17) is 20.3 Å². The van der Waals surface area contributed by atoms with Crippen molar-refractivity contribution in [2.75, 3.05) is 20.3 Å². The van der Waals surface area contributed by atoms with Crippen LogP contribution in [0.15, 0.2) is 18.2 Å². The fraction of sp³-hybridized carbons (Fsp3) is 0.400. The van der Waals surface area contributed by atoms with Crippen LogP contribution >= 0.6 is 0 Å². The first-order valence-corrected chi connectivity index (χ1v) is 4.42. The van der Waals surface area contributed by atoms with Crippen molar-refractivity contribution in [3.8, 4) is 11.5 Å². The molecule has 0 aromatic heterocycles. The Morgan fingerprint density at radius 2 is 2.14 bits per heavy atom. The number of aliphatic hydroxyl groups excluding tert-OH is 1. The summed E-state index contributed by atoms with van der Waals surface area (Å²) < 4.78 is 10.5. The minimum Gasteiger partial charge on any atom is -0.493 e. The number of nitrogens with two attached hydrogens (primary N) is 1. The van der Waals surface area contributed by atoms with E-state index in [1.165, 1.54) is 0 Å². The summed E-state index contributed by atoms with van der Waals surface area (Å²) in [6.07, 6.45) is 0. The standard InChI is InChI=1S/C10H15NO3/c1-13-10-6-8(7-12)2-3-9(10)14-5-4-11/h2-3,6,12H,4-5,7,11H2,1H3. The first-order valence-electron chi connectivity index (χ1n) is 4.42. The van der Waals surface area contributed by atoms with Crippen LogP contribution in [0.5, 0.6) is 11.5 Å². The van der Waals surface area contributed by atoms with Crippen molar-refractivity contribution < 1.29 is 14.6 Å². The molecule has 0 heterocycles. The number of aliphatic hydroxyl groups is 1. The Kier molecular flexibility index (Phi) is 4.22. The molecule has 4 nitrogen and oxygen atoms in total. The minimum absolute atomic E-state index is 0.00642. The molecule has 0 saturated heterocycles. The van der Waals surface area contributed by atoms with Crippen molar-refractivity contribution in [1.82, 2.24) is 0 Å². The van der Waals surface area contributed by atoms with Crippen molar-refractivity contribution in [2.24, 2.45) is 5.73 Å². The third-order valence-electron chi connectivity index (χ3n) is 1.79. The molecule has 0 aliphatic rings. The molecule has 3 N–H and O–H groups in total. The number of hydrogen-bond donors (Lipinski definition) is 2. The summed E-state index contributed by atoms with van der Waals surface area (Å²) in [5.74, 6) is 1.26. The van der Waals surface area contributed by atoms with Crippen LogP contribution in [-0.2, 0) is 6.61 Å². The second-order valence-corrected chi connectivity index (χ2v) is 2.78. The van der Waals surface area contributed by atoms with Crippen LogP contribution in [0.4, 0.5) is 0 Å². The van der Waals surface area contributed by atoms with Crippen molar-refractivity contribution in [3.05, 3.63) is 23.8 Å². The molecule has 0 radical (unpaired) electrons. The fourth-order valence-corrected chi connectivity index (χ4v) is 1.10. The number of benzene rings is 1. The van der Waals surface area contributed by atoms with Crippen LogP contribution in [0.25, 0.3) is 0 Å². The van der Waals surface area contributed by atoms with Crippen LogP contribution in [0.2, 0.25) is 0 Å². The molecule has 0 amide bonds. The third-order valence-corrected chi connectivity index (χ3v) is 1.79. The van der Waals surface area contributed by atoms with E-state index < -0.39 is 0 Å². The fourth-order valence-electron chi connectivity index (χ4n) is 1.10. The first-order chi connectivity index (χ1) is 6.81. The molecule has 1 rings (SSSR count). The van der Waals surface area contributed by atoms with E-state index in [0.29, 0.717) is 24.7 Å². The smallest absolute Gasteiger partial charge is 0.161 e. The van der Waals surface area contributed by atoms with Gasteiger partial charge in [-0.2, -0.15) is 0 Å². The van der Waals surface area contributed by atoms with E-state index in [0.717, 1.165) is 5.56 Å². The van der Waals surface area contributed by atoms with Crippen LogP contribution in [-0.4, -0.2) is 25.4 Å². The number of rotatable bonds is 5. The van der Waals surface area contributed by atoms with Gasteiger partial charge in [0.2, 0.25) is 0 Å². The zero-order valence-corrected chi connectivity index (χ0v) is 8.19. The maximum absolute atomic E-state index is 8.91. The highest BCUT2D eigenvalue weighted by molar-refractivity contribution is 5.42. The predicted octanol–water partition coefficient (Wildman–Crippen LogP) is 0.525. The van der Waals surface area contributed by atoms with Gasteiger partial charge in [0.1, 0.15) is 6.61 Å². The zero-order valence-electron chi connectivity index (χ0n) is 8.19. The molecule has 1 aromatic carbocycles. The van der Waals surface area contributed by atoms with Crippen LogP contribution in [0, 0.1) is 0 Å². The predicted molar refractivity (Wildman–Crippen MR) is 53.5 cm³/mol. The quantitative estimate of drug-likeness (QED) is 0.722. The Morgan fingerprint density at radius 1 is 1.36 bits per heavy atom. The van der Waals surface area contributed by atoms with Gasteiger partial charge in [-0.1, -0.05) is 6.07 Å². The lowest BCUT2D eigenvalue weighted by molar-refractivity contribution is 0.278.